The molecule has 15 heavy (non-hydrogen) atoms. The summed E-state index contributed by atoms with van der Waals surface area (Å²) in [5.74, 6) is 0. The fraction of sp³-hybridized carbons (Fsp3) is 0.0769. The molecule has 2 aromatic carbocycles. The second-order valence-corrected chi connectivity index (χ2v) is 3.81. The molecule has 0 fully saturated rings. The molecule has 0 atom stereocenters. The summed E-state index contributed by atoms with van der Waals surface area (Å²) < 4.78 is 5.78. The van der Waals surface area contributed by atoms with Crippen molar-refractivity contribution in [2.24, 2.45) is 0 Å². The lowest BCUT2D eigenvalue weighted by Crippen LogP contribution is -1.85. The maximum Gasteiger partial charge on any atom is 0.138 e. The number of nitrogens with two attached hydrogens (primary N) is 1. The minimum atomic E-state index is 0.784. The van der Waals surface area contributed by atoms with Gasteiger partial charge in [0.15, 0.2) is 0 Å². The van der Waals surface area contributed by atoms with Crippen molar-refractivity contribution >= 4 is 27.6 Å². The first kappa shape index (κ1) is 8.36. The van der Waals surface area contributed by atoms with Gasteiger partial charge in [-0.05, 0) is 30.7 Å². The van der Waals surface area contributed by atoms with E-state index in [1.165, 1.54) is 0 Å². The van der Waals surface area contributed by atoms with Crippen LogP contribution in [-0.2, 0) is 0 Å². The average molecular weight is 197 g/mol. The van der Waals surface area contributed by atoms with E-state index in [2.05, 4.69) is 6.07 Å². The van der Waals surface area contributed by atoms with Crippen molar-refractivity contribution in [3.63, 3.8) is 0 Å². The maximum atomic E-state index is 5.83. The van der Waals surface area contributed by atoms with Gasteiger partial charge in [0, 0.05) is 16.5 Å². The van der Waals surface area contributed by atoms with Gasteiger partial charge in [-0.15, -0.1) is 0 Å². The molecule has 1 heterocycles. The number of nitrogen functional groups attached to an aromatic ring is 1. The van der Waals surface area contributed by atoms with E-state index in [0.717, 1.165) is 33.2 Å². The van der Waals surface area contributed by atoms with Crippen LogP contribution in [-0.4, -0.2) is 0 Å². The van der Waals surface area contributed by atoms with Crippen LogP contribution in [0.25, 0.3) is 21.9 Å². The van der Waals surface area contributed by atoms with Crippen molar-refractivity contribution in [3.8, 4) is 0 Å². The van der Waals surface area contributed by atoms with E-state index in [0.29, 0.717) is 0 Å². The summed E-state index contributed by atoms with van der Waals surface area (Å²) in [4.78, 5) is 0. The Morgan fingerprint density at radius 1 is 1.07 bits per heavy atom. The first-order chi connectivity index (χ1) is 7.25. The Hall–Kier alpha value is -1.96. The fourth-order valence-corrected chi connectivity index (χ4v) is 2.03. The van der Waals surface area contributed by atoms with Crippen LogP contribution in [0.1, 0.15) is 5.56 Å². The molecule has 0 spiro atoms. The molecule has 2 heteroatoms. The van der Waals surface area contributed by atoms with E-state index in [9.17, 15) is 0 Å². The Labute approximate surface area is 87.3 Å². The van der Waals surface area contributed by atoms with Crippen molar-refractivity contribution in [2.75, 3.05) is 5.73 Å². The summed E-state index contributed by atoms with van der Waals surface area (Å²) in [6.45, 7) is 2.01. The van der Waals surface area contributed by atoms with Crippen molar-refractivity contribution in [1.82, 2.24) is 0 Å². The summed E-state index contributed by atoms with van der Waals surface area (Å²) in [7, 11) is 0. The van der Waals surface area contributed by atoms with Crippen molar-refractivity contribution in [3.05, 3.63) is 42.0 Å². The predicted octanol–water partition coefficient (Wildman–Crippen LogP) is 3.48. The monoisotopic (exact) mass is 197 g/mol. The van der Waals surface area contributed by atoms with E-state index in [4.69, 9.17) is 10.2 Å². The molecule has 1 aromatic heterocycles. The minimum absolute atomic E-state index is 0.784. The fourth-order valence-electron chi connectivity index (χ4n) is 2.03. The number of rotatable bonds is 0. The second-order valence-electron chi connectivity index (χ2n) is 3.81. The number of hydrogen-bond donors (Lipinski definition) is 1. The lowest BCUT2D eigenvalue weighted by Gasteiger charge is -1.96. The number of anilines is 1. The van der Waals surface area contributed by atoms with Crippen LogP contribution in [0.2, 0.25) is 0 Å². The zero-order chi connectivity index (χ0) is 10.4. The number of aryl methyl sites for hydroxylation is 1. The van der Waals surface area contributed by atoms with Gasteiger partial charge in [0.2, 0.25) is 0 Å². The third kappa shape index (κ3) is 1.11. The first-order valence-electron chi connectivity index (χ1n) is 4.93. The third-order valence-corrected chi connectivity index (χ3v) is 2.69. The van der Waals surface area contributed by atoms with Crippen LogP contribution in [0, 0.1) is 6.92 Å². The van der Waals surface area contributed by atoms with Crippen molar-refractivity contribution < 1.29 is 4.42 Å². The second kappa shape index (κ2) is 2.76. The van der Waals surface area contributed by atoms with Crippen LogP contribution in [0.4, 0.5) is 5.69 Å². The Morgan fingerprint density at radius 2 is 1.87 bits per heavy atom. The smallest absolute Gasteiger partial charge is 0.138 e. The van der Waals surface area contributed by atoms with Gasteiger partial charge in [0.05, 0.1) is 0 Å². The normalized spacial score (nSPS) is 11.3. The van der Waals surface area contributed by atoms with Gasteiger partial charge in [-0.25, -0.2) is 0 Å². The molecule has 3 rings (SSSR count). The molecule has 0 amide bonds. The first-order valence-corrected chi connectivity index (χ1v) is 4.93. The summed E-state index contributed by atoms with van der Waals surface area (Å²) in [5.41, 5.74) is 9.55. The number of furan rings is 1. The SMILES string of the molecule is Cc1cc(N)cc2c1oc1ccccc12. The molecule has 74 valence electrons. The molecule has 0 radical (unpaired) electrons. The van der Waals surface area contributed by atoms with Crippen LogP contribution in [0.5, 0.6) is 0 Å². The zero-order valence-electron chi connectivity index (χ0n) is 8.45. The highest BCUT2D eigenvalue weighted by Crippen LogP contribution is 2.32. The molecule has 3 aromatic rings. The van der Waals surface area contributed by atoms with Gasteiger partial charge in [-0.3, -0.25) is 0 Å². The quantitative estimate of drug-likeness (QED) is 0.560. The number of fused-ring (bicyclic) bond motifs is 3. The van der Waals surface area contributed by atoms with Gasteiger partial charge in [0.25, 0.3) is 0 Å². The number of para-hydroxylation sites is 1. The van der Waals surface area contributed by atoms with E-state index in [-0.39, 0.29) is 0 Å². The molecule has 0 aliphatic carbocycles. The van der Waals surface area contributed by atoms with E-state index < -0.39 is 0 Å². The summed E-state index contributed by atoms with van der Waals surface area (Å²) in [6.07, 6.45) is 0. The van der Waals surface area contributed by atoms with Crippen molar-refractivity contribution in [1.29, 1.82) is 0 Å². The van der Waals surface area contributed by atoms with Gasteiger partial charge in [0.1, 0.15) is 11.2 Å². The van der Waals surface area contributed by atoms with Crippen LogP contribution in [0.15, 0.2) is 40.8 Å². The van der Waals surface area contributed by atoms with Crippen LogP contribution < -0.4 is 5.73 Å². The van der Waals surface area contributed by atoms with Gasteiger partial charge in [-0.2, -0.15) is 0 Å². The van der Waals surface area contributed by atoms with Gasteiger partial charge < -0.3 is 10.2 Å². The van der Waals surface area contributed by atoms with Crippen molar-refractivity contribution in [2.45, 2.75) is 6.92 Å². The highest BCUT2D eigenvalue weighted by molar-refractivity contribution is 6.06. The van der Waals surface area contributed by atoms with Crippen LogP contribution >= 0.6 is 0 Å². The molecule has 0 unspecified atom stereocenters. The number of hydrogen-bond acceptors (Lipinski definition) is 2. The molecule has 2 nitrogen and oxygen atoms in total. The van der Waals surface area contributed by atoms with E-state index >= 15 is 0 Å². The maximum absolute atomic E-state index is 5.83. The Bertz CT molecular complexity index is 652. The Kier molecular flexibility index (Phi) is 1.54. The highest BCUT2D eigenvalue weighted by atomic mass is 16.3. The molecular formula is C13H11NO. The number of benzene rings is 2. The molecule has 0 bridgehead atoms. The summed E-state index contributed by atoms with van der Waals surface area (Å²) in [6, 6.07) is 11.9. The third-order valence-electron chi connectivity index (χ3n) is 2.69. The molecule has 2 N–H and O–H groups in total. The molecule has 0 saturated heterocycles. The highest BCUT2D eigenvalue weighted by Gasteiger charge is 2.08. The van der Waals surface area contributed by atoms with E-state index in [1.54, 1.807) is 0 Å². The van der Waals surface area contributed by atoms with Gasteiger partial charge >= 0.3 is 0 Å². The molecule has 0 aliphatic rings. The van der Waals surface area contributed by atoms with Crippen LogP contribution in [0.3, 0.4) is 0 Å². The summed E-state index contributed by atoms with van der Waals surface area (Å²) >= 11 is 0. The molecule has 0 aliphatic heterocycles. The average Bonchev–Trinajstić information content (AvgIpc) is 2.57. The summed E-state index contributed by atoms with van der Waals surface area (Å²) in [5, 5.41) is 2.23. The minimum Gasteiger partial charge on any atom is -0.456 e. The lowest BCUT2D eigenvalue weighted by atomic mass is 10.1. The zero-order valence-corrected chi connectivity index (χ0v) is 8.45. The lowest BCUT2D eigenvalue weighted by molar-refractivity contribution is 0.666. The van der Waals surface area contributed by atoms with Gasteiger partial charge in [-0.1, -0.05) is 18.2 Å². The standard InChI is InChI=1S/C13H11NO/c1-8-6-9(14)7-11-10-4-2-3-5-12(10)15-13(8)11/h2-7H,14H2,1H3. The molecular weight excluding hydrogens is 186 g/mol. The predicted molar refractivity (Wildman–Crippen MR) is 62.9 cm³/mol. The topological polar surface area (TPSA) is 39.2 Å². The van der Waals surface area contributed by atoms with E-state index in [1.807, 2.05) is 37.3 Å². The Balaban J connectivity index is 2.61. The Morgan fingerprint density at radius 3 is 2.73 bits per heavy atom. The molecule has 0 saturated carbocycles. The largest absolute Gasteiger partial charge is 0.456 e.